The van der Waals surface area contributed by atoms with E-state index in [0.717, 1.165) is 5.56 Å². The lowest BCUT2D eigenvalue weighted by atomic mass is 9.75. The normalized spacial score (nSPS) is 27.1. The second-order valence-corrected chi connectivity index (χ2v) is 6.39. The van der Waals surface area contributed by atoms with Crippen molar-refractivity contribution in [1.29, 1.82) is 0 Å². The molecule has 3 atom stereocenters. The van der Waals surface area contributed by atoms with Gasteiger partial charge < -0.3 is 9.84 Å². The number of fused-ring (bicyclic) bond motifs is 3. The zero-order chi connectivity index (χ0) is 17.6. The van der Waals surface area contributed by atoms with Gasteiger partial charge in [0, 0.05) is 23.5 Å². The highest BCUT2D eigenvalue weighted by Crippen LogP contribution is 2.56. The van der Waals surface area contributed by atoms with E-state index in [2.05, 4.69) is 0 Å². The van der Waals surface area contributed by atoms with E-state index in [9.17, 15) is 14.7 Å². The van der Waals surface area contributed by atoms with Gasteiger partial charge >= 0.3 is 5.97 Å². The minimum atomic E-state index is -1.32. The fourth-order valence-electron chi connectivity index (χ4n) is 4.29. The minimum absolute atomic E-state index is 0.211. The molecule has 1 amide bonds. The van der Waals surface area contributed by atoms with Gasteiger partial charge in [0.15, 0.2) is 5.54 Å². The van der Waals surface area contributed by atoms with Crippen LogP contribution < -0.4 is 0 Å². The van der Waals surface area contributed by atoms with Crippen LogP contribution in [0, 0.1) is 0 Å². The first-order valence-electron chi connectivity index (χ1n) is 8.45. The van der Waals surface area contributed by atoms with E-state index in [4.69, 9.17) is 4.74 Å². The lowest BCUT2D eigenvalue weighted by Gasteiger charge is -2.36. The zero-order valence-corrected chi connectivity index (χ0v) is 13.9. The summed E-state index contributed by atoms with van der Waals surface area (Å²) in [5.41, 5.74) is 0.658. The third-order valence-corrected chi connectivity index (χ3v) is 5.20. The first-order chi connectivity index (χ1) is 12.1. The van der Waals surface area contributed by atoms with Gasteiger partial charge in [0.05, 0.1) is 6.61 Å². The molecular weight excluding hydrogens is 318 g/mol. The molecule has 0 radical (unpaired) electrons. The summed E-state index contributed by atoms with van der Waals surface area (Å²) in [4.78, 5) is 27.4. The Morgan fingerprint density at radius 2 is 1.88 bits per heavy atom. The molecule has 0 aliphatic carbocycles. The summed E-state index contributed by atoms with van der Waals surface area (Å²) in [6.45, 7) is 1.95. The number of benzene rings is 2. The van der Waals surface area contributed by atoms with E-state index in [1.165, 1.54) is 4.90 Å². The van der Waals surface area contributed by atoms with Crippen molar-refractivity contribution >= 4 is 11.9 Å². The van der Waals surface area contributed by atoms with Crippen LogP contribution >= 0.6 is 0 Å². The number of rotatable bonds is 3. The molecule has 0 unspecified atom stereocenters. The quantitative estimate of drug-likeness (QED) is 0.874. The Labute approximate surface area is 145 Å². The molecule has 5 heteroatoms. The Hall–Kier alpha value is -2.66. The van der Waals surface area contributed by atoms with Gasteiger partial charge in [0.25, 0.3) is 5.91 Å². The number of nitrogens with zero attached hydrogens (tertiary/aromatic N) is 1. The van der Waals surface area contributed by atoms with Crippen molar-refractivity contribution in [3.63, 3.8) is 0 Å². The molecule has 0 spiro atoms. The van der Waals surface area contributed by atoms with Crippen LogP contribution in [-0.4, -0.2) is 34.7 Å². The van der Waals surface area contributed by atoms with E-state index >= 15 is 0 Å². The van der Waals surface area contributed by atoms with Gasteiger partial charge in [-0.25, -0.2) is 4.79 Å². The summed E-state index contributed by atoms with van der Waals surface area (Å²) in [7, 11) is 0. The van der Waals surface area contributed by atoms with Crippen LogP contribution in [0.3, 0.4) is 0 Å². The molecule has 128 valence electrons. The Morgan fingerprint density at radius 3 is 2.60 bits per heavy atom. The highest BCUT2D eigenvalue weighted by Gasteiger charge is 2.66. The first kappa shape index (κ1) is 15.8. The Bertz CT molecular complexity index is 835. The van der Waals surface area contributed by atoms with Gasteiger partial charge in [-0.3, -0.25) is 9.69 Å². The van der Waals surface area contributed by atoms with Crippen LogP contribution in [0.1, 0.15) is 40.7 Å². The van der Waals surface area contributed by atoms with Gasteiger partial charge in [-0.2, -0.15) is 0 Å². The number of esters is 1. The number of hydrogen-bond acceptors (Lipinski definition) is 4. The largest absolute Gasteiger partial charge is 0.464 e. The van der Waals surface area contributed by atoms with Crippen LogP contribution in [0.5, 0.6) is 0 Å². The third-order valence-electron chi connectivity index (χ3n) is 5.20. The molecule has 25 heavy (non-hydrogen) atoms. The second kappa shape index (κ2) is 5.70. The van der Waals surface area contributed by atoms with Crippen LogP contribution in [-0.2, 0) is 15.1 Å². The number of hydrogen-bond donors (Lipinski definition) is 1. The third kappa shape index (κ3) is 1.99. The summed E-state index contributed by atoms with van der Waals surface area (Å²) in [5.74, 6) is -1.18. The number of carbonyl (C=O) groups excluding carboxylic acids is 2. The molecule has 2 aromatic carbocycles. The smallest absolute Gasteiger partial charge is 0.337 e. The molecular formula is C20H19NO4. The van der Waals surface area contributed by atoms with Gasteiger partial charge in [-0.1, -0.05) is 48.5 Å². The van der Waals surface area contributed by atoms with Crippen molar-refractivity contribution < 1.29 is 19.4 Å². The molecule has 2 heterocycles. The molecule has 4 rings (SSSR count). The van der Waals surface area contributed by atoms with Crippen molar-refractivity contribution in [3.8, 4) is 0 Å². The number of aliphatic hydroxyl groups is 1. The summed E-state index contributed by atoms with van der Waals surface area (Å²) in [6.07, 6.45) is -0.738. The summed E-state index contributed by atoms with van der Waals surface area (Å²) >= 11 is 0. The topological polar surface area (TPSA) is 66.8 Å². The number of carbonyl (C=O) groups is 2. The maximum Gasteiger partial charge on any atom is 0.337 e. The van der Waals surface area contributed by atoms with E-state index in [1.807, 2.05) is 36.4 Å². The van der Waals surface area contributed by atoms with Crippen molar-refractivity contribution in [1.82, 2.24) is 4.90 Å². The summed E-state index contributed by atoms with van der Waals surface area (Å²) in [5, 5.41) is 10.7. The van der Waals surface area contributed by atoms with Crippen molar-refractivity contribution in [2.75, 3.05) is 6.61 Å². The van der Waals surface area contributed by atoms with Crippen molar-refractivity contribution in [2.24, 2.45) is 0 Å². The van der Waals surface area contributed by atoms with Crippen LogP contribution in [0.15, 0.2) is 54.6 Å². The standard InChI is InChI=1S/C20H19NO4/c1-2-25-19(24)20-15-11-7-6-10-14(15)18(23)21(20)17(22)12-16(20)13-8-4-3-5-9-13/h3-11,16-17,22H,2,12H2,1H3/t16-,17+,20+/m0/s1. The Kier molecular flexibility index (Phi) is 3.62. The van der Waals surface area contributed by atoms with Gasteiger partial charge in [-0.15, -0.1) is 0 Å². The second-order valence-electron chi connectivity index (χ2n) is 6.39. The number of amides is 1. The Morgan fingerprint density at radius 1 is 1.20 bits per heavy atom. The molecule has 0 aromatic heterocycles. The highest BCUT2D eigenvalue weighted by molar-refractivity contribution is 6.07. The molecule has 1 saturated heterocycles. The van der Waals surface area contributed by atoms with Crippen LogP contribution in [0.25, 0.3) is 0 Å². The Balaban J connectivity index is 1.99. The summed E-state index contributed by atoms with van der Waals surface area (Å²) < 4.78 is 5.39. The molecule has 1 N–H and O–H groups in total. The molecule has 5 nitrogen and oxygen atoms in total. The molecule has 2 aliphatic rings. The van der Waals surface area contributed by atoms with E-state index in [0.29, 0.717) is 17.5 Å². The summed E-state index contributed by atoms with van der Waals surface area (Å²) in [6, 6.07) is 16.6. The predicted octanol–water partition coefficient (Wildman–Crippen LogP) is 2.41. The fourth-order valence-corrected chi connectivity index (χ4v) is 4.29. The van der Waals surface area contributed by atoms with Gasteiger partial charge in [0.1, 0.15) is 6.23 Å². The van der Waals surface area contributed by atoms with E-state index in [-0.39, 0.29) is 18.4 Å². The maximum absolute atomic E-state index is 13.2. The molecule has 0 saturated carbocycles. The average Bonchev–Trinajstić information content (AvgIpc) is 3.09. The van der Waals surface area contributed by atoms with Crippen molar-refractivity contribution in [2.45, 2.75) is 31.0 Å². The fraction of sp³-hybridized carbons (Fsp3) is 0.300. The van der Waals surface area contributed by atoms with E-state index in [1.54, 1.807) is 25.1 Å². The van der Waals surface area contributed by atoms with Crippen LogP contribution in [0.4, 0.5) is 0 Å². The highest BCUT2D eigenvalue weighted by atomic mass is 16.5. The molecule has 1 fully saturated rings. The minimum Gasteiger partial charge on any atom is -0.464 e. The molecule has 0 bridgehead atoms. The van der Waals surface area contributed by atoms with Crippen LogP contribution in [0.2, 0.25) is 0 Å². The monoisotopic (exact) mass is 337 g/mol. The average molecular weight is 337 g/mol. The first-order valence-corrected chi connectivity index (χ1v) is 8.45. The number of ether oxygens (including phenoxy) is 1. The number of aliphatic hydroxyl groups excluding tert-OH is 1. The maximum atomic E-state index is 13.2. The molecule has 2 aromatic rings. The van der Waals surface area contributed by atoms with E-state index < -0.39 is 17.7 Å². The SMILES string of the molecule is CCOC(=O)[C@]12c3ccccc3C(=O)N1[C@H](O)C[C@H]2c1ccccc1. The zero-order valence-electron chi connectivity index (χ0n) is 13.9. The predicted molar refractivity (Wildman–Crippen MR) is 90.7 cm³/mol. The lowest BCUT2D eigenvalue weighted by molar-refractivity contribution is -0.158. The lowest BCUT2D eigenvalue weighted by Crippen LogP contribution is -2.51. The van der Waals surface area contributed by atoms with Gasteiger partial charge in [-0.05, 0) is 18.6 Å². The van der Waals surface area contributed by atoms with Crippen molar-refractivity contribution in [3.05, 3.63) is 71.3 Å². The van der Waals surface area contributed by atoms with Gasteiger partial charge in [0.2, 0.25) is 0 Å². The molecule has 2 aliphatic heterocycles.